The van der Waals surface area contributed by atoms with Crippen molar-refractivity contribution in [1.29, 1.82) is 0 Å². The van der Waals surface area contributed by atoms with E-state index in [4.69, 9.17) is 0 Å². The molecule has 2 heterocycles. The Morgan fingerprint density at radius 2 is 1.72 bits per heavy atom. The summed E-state index contributed by atoms with van der Waals surface area (Å²) in [5.74, 6) is 0.556. The van der Waals surface area contributed by atoms with Crippen molar-refractivity contribution < 1.29 is 9.90 Å². The fourth-order valence-electron chi connectivity index (χ4n) is 4.41. The summed E-state index contributed by atoms with van der Waals surface area (Å²) >= 11 is 0. The molecule has 0 aromatic heterocycles. The molecule has 25 heavy (non-hydrogen) atoms. The van der Waals surface area contributed by atoms with E-state index in [1.165, 1.54) is 6.42 Å². The van der Waals surface area contributed by atoms with Crippen molar-refractivity contribution >= 4 is 5.91 Å². The molecule has 2 aliphatic heterocycles. The lowest BCUT2D eigenvalue weighted by molar-refractivity contribution is -0.141. The molecule has 1 amide bonds. The maximum absolute atomic E-state index is 13.0. The lowest BCUT2D eigenvalue weighted by Gasteiger charge is -2.42. The molecule has 2 aliphatic rings. The number of nitrogens with zero attached hydrogens (tertiary/aromatic N) is 2. The van der Waals surface area contributed by atoms with Crippen molar-refractivity contribution in [3.63, 3.8) is 0 Å². The molecule has 4 heteroatoms. The minimum absolute atomic E-state index is 0.0596. The first kappa shape index (κ1) is 18.4. The Morgan fingerprint density at radius 1 is 1.04 bits per heavy atom. The summed E-state index contributed by atoms with van der Waals surface area (Å²) in [4.78, 5) is 17.4. The molecule has 138 valence electrons. The van der Waals surface area contributed by atoms with E-state index in [1.807, 2.05) is 35.2 Å². The average Bonchev–Trinajstić information content (AvgIpc) is 2.67. The molecule has 0 spiro atoms. The lowest BCUT2D eigenvalue weighted by atomic mass is 9.87. The van der Waals surface area contributed by atoms with Crippen molar-refractivity contribution in [2.75, 3.05) is 19.6 Å². The van der Waals surface area contributed by atoms with Gasteiger partial charge in [-0.2, -0.15) is 0 Å². The van der Waals surface area contributed by atoms with E-state index >= 15 is 0 Å². The average molecular weight is 344 g/mol. The first-order valence-corrected chi connectivity index (χ1v) is 9.85. The topological polar surface area (TPSA) is 43.8 Å². The number of hydrogen-bond acceptors (Lipinski definition) is 3. The third kappa shape index (κ3) is 4.24. The van der Waals surface area contributed by atoms with Crippen LogP contribution < -0.4 is 0 Å². The highest BCUT2D eigenvalue weighted by Gasteiger charge is 2.35. The summed E-state index contributed by atoms with van der Waals surface area (Å²) in [6.45, 7) is 6.96. The summed E-state index contributed by atoms with van der Waals surface area (Å²) < 4.78 is 0. The number of benzene rings is 1. The first-order valence-electron chi connectivity index (χ1n) is 9.85. The number of amides is 1. The molecule has 2 atom stereocenters. The molecule has 2 fully saturated rings. The standard InChI is InChI=1S/C21H32N2O2/c1-16(2)23-13-7-6-10-19(23)21(25)22-14-11-18(12-15-22)20(24)17-8-4-3-5-9-17/h3-5,8-9,16,18-20,24H,6-7,10-15H2,1-2H3. The number of aliphatic hydroxyl groups is 1. The minimum Gasteiger partial charge on any atom is -0.388 e. The quantitative estimate of drug-likeness (QED) is 0.912. The molecule has 3 rings (SSSR count). The van der Waals surface area contributed by atoms with Crippen molar-refractivity contribution in [2.24, 2.45) is 5.92 Å². The van der Waals surface area contributed by atoms with E-state index in [-0.39, 0.29) is 12.0 Å². The molecule has 1 aromatic rings. The van der Waals surface area contributed by atoms with Gasteiger partial charge >= 0.3 is 0 Å². The predicted octanol–water partition coefficient (Wildman–Crippen LogP) is 3.22. The molecule has 0 bridgehead atoms. The largest absolute Gasteiger partial charge is 0.388 e. The molecule has 0 saturated carbocycles. The van der Waals surface area contributed by atoms with Gasteiger partial charge in [-0.1, -0.05) is 36.8 Å². The van der Waals surface area contributed by atoms with Crippen LogP contribution in [0.15, 0.2) is 30.3 Å². The van der Waals surface area contributed by atoms with E-state index < -0.39 is 6.10 Å². The van der Waals surface area contributed by atoms with Crippen LogP contribution in [-0.2, 0) is 4.79 Å². The van der Waals surface area contributed by atoms with E-state index in [1.54, 1.807) is 0 Å². The Labute approximate surface area is 151 Å². The van der Waals surface area contributed by atoms with Crippen molar-refractivity contribution in [2.45, 2.75) is 64.1 Å². The number of rotatable bonds is 4. The first-order chi connectivity index (χ1) is 12.1. The molecule has 0 radical (unpaired) electrons. The van der Waals surface area contributed by atoms with Crippen LogP contribution in [0.2, 0.25) is 0 Å². The van der Waals surface area contributed by atoms with Crippen LogP contribution in [0.25, 0.3) is 0 Å². The Kier molecular flexibility index (Phi) is 6.13. The fraction of sp³-hybridized carbons (Fsp3) is 0.667. The van der Waals surface area contributed by atoms with Gasteiger partial charge in [-0.3, -0.25) is 9.69 Å². The molecule has 1 N–H and O–H groups in total. The van der Waals surface area contributed by atoms with Crippen LogP contribution in [0.5, 0.6) is 0 Å². The Morgan fingerprint density at radius 3 is 2.36 bits per heavy atom. The molecule has 2 saturated heterocycles. The zero-order valence-electron chi connectivity index (χ0n) is 15.6. The van der Waals surface area contributed by atoms with Crippen molar-refractivity contribution in [3.8, 4) is 0 Å². The summed E-state index contributed by atoms with van der Waals surface area (Å²) in [7, 11) is 0. The summed E-state index contributed by atoms with van der Waals surface area (Å²) in [6.07, 6.45) is 4.70. The number of carbonyl (C=O) groups excluding carboxylic acids is 1. The van der Waals surface area contributed by atoms with Crippen LogP contribution in [0.1, 0.15) is 57.6 Å². The van der Waals surface area contributed by atoms with Gasteiger partial charge in [-0.15, -0.1) is 0 Å². The maximum atomic E-state index is 13.0. The second-order valence-corrected chi connectivity index (χ2v) is 7.86. The number of carbonyl (C=O) groups is 1. The van der Waals surface area contributed by atoms with Crippen LogP contribution >= 0.6 is 0 Å². The van der Waals surface area contributed by atoms with Gasteiger partial charge in [-0.05, 0) is 57.6 Å². The summed E-state index contributed by atoms with van der Waals surface area (Å²) in [5, 5.41) is 10.6. The SMILES string of the molecule is CC(C)N1CCCCC1C(=O)N1CCC(C(O)c2ccccc2)CC1. The van der Waals surface area contributed by atoms with Gasteiger partial charge in [0.25, 0.3) is 0 Å². The Hall–Kier alpha value is -1.39. The monoisotopic (exact) mass is 344 g/mol. The number of piperidine rings is 2. The van der Waals surface area contributed by atoms with Gasteiger partial charge in [0.2, 0.25) is 5.91 Å². The van der Waals surface area contributed by atoms with Gasteiger partial charge in [0, 0.05) is 19.1 Å². The third-order valence-corrected chi connectivity index (χ3v) is 5.93. The highest BCUT2D eigenvalue weighted by molar-refractivity contribution is 5.82. The number of hydrogen-bond donors (Lipinski definition) is 1. The van der Waals surface area contributed by atoms with Crippen LogP contribution in [0, 0.1) is 5.92 Å². The fourth-order valence-corrected chi connectivity index (χ4v) is 4.41. The van der Waals surface area contributed by atoms with E-state index in [2.05, 4.69) is 18.7 Å². The second-order valence-electron chi connectivity index (χ2n) is 7.86. The highest BCUT2D eigenvalue weighted by Crippen LogP contribution is 2.31. The molecule has 1 aromatic carbocycles. The second kappa shape index (κ2) is 8.33. The van der Waals surface area contributed by atoms with E-state index in [9.17, 15) is 9.90 Å². The summed E-state index contributed by atoms with van der Waals surface area (Å²) in [6, 6.07) is 10.4. The zero-order valence-corrected chi connectivity index (χ0v) is 15.6. The molecular formula is C21H32N2O2. The van der Waals surface area contributed by atoms with Gasteiger partial charge in [0.15, 0.2) is 0 Å². The number of aliphatic hydroxyl groups excluding tert-OH is 1. The molecule has 0 aliphatic carbocycles. The number of likely N-dealkylation sites (tertiary alicyclic amines) is 2. The normalized spacial score (nSPS) is 24.5. The van der Waals surface area contributed by atoms with E-state index in [0.717, 1.165) is 50.9 Å². The van der Waals surface area contributed by atoms with Crippen LogP contribution in [-0.4, -0.2) is 52.5 Å². The highest BCUT2D eigenvalue weighted by atomic mass is 16.3. The van der Waals surface area contributed by atoms with Crippen molar-refractivity contribution in [3.05, 3.63) is 35.9 Å². The maximum Gasteiger partial charge on any atom is 0.239 e. The van der Waals surface area contributed by atoms with Gasteiger partial charge in [-0.25, -0.2) is 0 Å². The van der Waals surface area contributed by atoms with Crippen molar-refractivity contribution in [1.82, 2.24) is 9.80 Å². The molecule has 4 nitrogen and oxygen atoms in total. The predicted molar refractivity (Wildman–Crippen MR) is 100 cm³/mol. The zero-order chi connectivity index (χ0) is 17.8. The third-order valence-electron chi connectivity index (χ3n) is 5.93. The molecule has 2 unspecified atom stereocenters. The Balaban J connectivity index is 1.57. The van der Waals surface area contributed by atoms with Gasteiger partial charge in [0.1, 0.15) is 0 Å². The molecular weight excluding hydrogens is 312 g/mol. The smallest absolute Gasteiger partial charge is 0.239 e. The lowest BCUT2D eigenvalue weighted by Crippen LogP contribution is -2.54. The van der Waals surface area contributed by atoms with Gasteiger partial charge < -0.3 is 10.0 Å². The Bertz CT molecular complexity index is 552. The summed E-state index contributed by atoms with van der Waals surface area (Å²) in [5.41, 5.74) is 0.991. The van der Waals surface area contributed by atoms with Crippen LogP contribution in [0.3, 0.4) is 0 Å². The minimum atomic E-state index is -0.416. The van der Waals surface area contributed by atoms with Gasteiger partial charge in [0.05, 0.1) is 12.1 Å². The van der Waals surface area contributed by atoms with E-state index in [0.29, 0.717) is 11.9 Å². The van der Waals surface area contributed by atoms with Crippen LogP contribution in [0.4, 0.5) is 0 Å².